The van der Waals surface area contributed by atoms with Gasteiger partial charge in [-0.05, 0) is 4.99 Å². The molecule has 0 saturated heterocycles. The summed E-state index contributed by atoms with van der Waals surface area (Å²) in [6, 6.07) is 0. The van der Waals surface area contributed by atoms with Gasteiger partial charge in [-0.1, -0.05) is 0 Å². The number of carbonyl (C=O) groups is 1. The van der Waals surface area contributed by atoms with Gasteiger partial charge in [0.1, 0.15) is 0 Å². The van der Waals surface area contributed by atoms with Crippen molar-refractivity contribution in [3.05, 3.63) is 5.21 Å². The topological polar surface area (TPSA) is 106 Å². The Balaban J connectivity index is 2.59. The molecule has 0 aliphatic carbocycles. The summed E-state index contributed by atoms with van der Waals surface area (Å²) in [6.07, 6.45) is 0.945. The Hall–Kier alpha value is -2.05. The molecule has 2 rings (SSSR count). The third kappa shape index (κ3) is 0.729. The van der Waals surface area contributed by atoms with Gasteiger partial charge in [-0.2, -0.15) is 9.98 Å². The number of aliphatic imine (C=N–C) groups is 3. The first-order chi connectivity index (χ1) is 5.68. The molecule has 60 valence electrons. The molecule has 0 unspecified atom stereocenters. The van der Waals surface area contributed by atoms with Crippen molar-refractivity contribution >= 4 is 29.8 Å². The largest absolute Gasteiger partial charge is 0.710 e. The average Bonchev–Trinajstić information content (AvgIpc) is 2.31. The third-order valence-electron chi connectivity index (χ3n) is 1.36. The number of nitrogens with zero attached hydrogens (tertiary/aromatic N) is 4. The van der Waals surface area contributed by atoms with E-state index in [-0.39, 0.29) is 17.5 Å². The van der Waals surface area contributed by atoms with Crippen LogP contribution in [0.1, 0.15) is 0 Å². The highest BCUT2D eigenvalue weighted by Gasteiger charge is 2.34. The molecule has 2 aliphatic heterocycles. The normalized spacial score (nSPS) is 20.8. The first-order valence-corrected chi connectivity index (χ1v) is 3.03. The molecule has 2 heterocycles. The fraction of sp³-hybridized carbons (Fsp3) is 0. The van der Waals surface area contributed by atoms with Gasteiger partial charge in [-0.15, -0.1) is 0 Å². The van der Waals surface area contributed by atoms with Crippen LogP contribution in [-0.2, 0) is 4.79 Å². The second-order valence-electron chi connectivity index (χ2n) is 2.13. The maximum absolute atomic E-state index is 11.0. The molecule has 7 heteroatoms. The van der Waals surface area contributed by atoms with Gasteiger partial charge in [0.2, 0.25) is 5.96 Å². The SMILES string of the molecule is NC1=NC(=O)C2=[N+]([O-])C=NC2=N1. The van der Waals surface area contributed by atoms with Gasteiger partial charge < -0.3 is 10.9 Å². The van der Waals surface area contributed by atoms with Crippen molar-refractivity contribution in [1.82, 2.24) is 0 Å². The summed E-state index contributed by atoms with van der Waals surface area (Å²) in [7, 11) is 0. The number of amides is 1. The summed E-state index contributed by atoms with van der Waals surface area (Å²) in [5.74, 6) is -0.848. The van der Waals surface area contributed by atoms with Crippen molar-refractivity contribution in [2.75, 3.05) is 0 Å². The molecule has 0 saturated carbocycles. The Labute approximate surface area is 66.2 Å². The van der Waals surface area contributed by atoms with Crippen LogP contribution in [0.5, 0.6) is 0 Å². The van der Waals surface area contributed by atoms with Crippen LogP contribution in [0.2, 0.25) is 0 Å². The van der Waals surface area contributed by atoms with Crippen molar-refractivity contribution in [2.45, 2.75) is 0 Å². The van der Waals surface area contributed by atoms with Crippen LogP contribution in [-0.4, -0.2) is 34.5 Å². The Kier molecular flexibility index (Phi) is 1.09. The molecule has 12 heavy (non-hydrogen) atoms. The highest BCUT2D eigenvalue weighted by Crippen LogP contribution is 2.01. The number of nitrogens with two attached hydrogens (primary N) is 1. The van der Waals surface area contributed by atoms with Gasteiger partial charge in [0.05, 0.1) is 0 Å². The minimum absolute atomic E-state index is 0.0301. The Morgan fingerprint density at radius 3 is 3.00 bits per heavy atom. The van der Waals surface area contributed by atoms with Crippen LogP contribution in [0.25, 0.3) is 0 Å². The summed E-state index contributed by atoms with van der Waals surface area (Å²) in [5, 5.41) is 10.8. The molecule has 2 N–H and O–H groups in total. The van der Waals surface area contributed by atoms with Crippen LogP contribution in [0.15, 0.2) is 15.0 Å². The zero-order valence-corrected chi connectivity index (χ0v) is 5.76. The number of hydrogen-bond acceptors (Lipinski definition) is 5. The summed E-state index contributed by atoms with van der Waals surface area (Å²) in [5.41, 5.74) is 4.98. The van der Waals surface area contributed by atoms with Gasteiger partial charge in [0.25, 0.3) is 12.1 Å². The maximum Gasteiger partial charge on any atom is 0.327 e. The van der Waals surface area contributed by atoms with E-state index in [9.17, 15) is 10.0 Å². The second-order valence-corrected chi connectivity index (χ2v) is 2.13. The number of hydroxylamine groups is 1. The van der Waals surface area contributed by atoms with Crippen LogP contribution in [0.3, 0.4) is 0 Å². The van der Waals surface area contributed by atoms with Crippen molar-refractivity contribution in [2.24, 2.45) is 20.7 Å². The number of hydrogen-bond donors (Lipinski definition) is 1. The van der Waals surface area contributed by atoms with E-state index in [4.69, 9.17) is 5.73 Å². The van der Waals surface area contributed by atoms with Gasteiger partial charge >= 0.3 is 11.7 Å². The highest BCUT2D eigenvalue weighted by molar-refractivity contribution is 6.68. The second kappa shape index (κ2) is 1.97. The molecule has 0 fully saturated rings. The molecule has 0 spiro atoms. The Bertz CT molecular complexity index is 389. The van der Waals surface area contributed by atoms with Gasteiger partial charge in [0.15, 0.2) is 0 Å². The quantitative estimate of drug-likeness (QED) is 0.339. The van der Waals surface area contributed by atoms with Crippen molar-refractivity contribution in [3.8, 4) is 0 Å². The molecule has 7 nitrogen and oxygen atoms in total. The first kappa shape index (κ1) is 6.65. The highest BCUT2D eigenvalue weighted by atomic mass is 16.5. The molecular weight excluding hydrogens is 162 g/mol. The van der Waals surface area contributed by atoms with Crippen molar-refractivity contribution in [1.29, 1.82) is 0 Å². The minimum Gasteiger partial charge on any atom is -0.710 e. The van der Waals surface area contributed by atoms with E-state index >= 15 is 0 Å². The lowest BCUT2D eigenvalue weighted by Crippen LogP contribution is -2.32. The van der Waals surface area contributed by atoms with Gasteiger partial charge in [-0.3, -0.25) is 4.79 Å². The molecule has 2 aliphatic rings. The van der Waals surface area contributed by atoms with Crippen molar-refractivity contribution in [3.63, 3.8) is 0 Å². The number of guanidine groups is 1. The maximum atomic E-state index is 11.0. The Morgan fingerprint density at radius 1 is 1.50 bits per heavy atom. The smallest absolute Gasteiger partial charge is 0.327 e. The van der Waals surface area contributed by atoms with E-state index < -0.39 is 5.91 Å². The van der Waals surface area contributed by atoms with Crippen LogP contribution in [0, 0.1) is 5.21 Å². The fourth-order valence-corrected chi connectivity index (χ4v) is 0.887. The van der Waals surface area contributed by atoms with E-state index in [0.717, 1.165) is 6.34 Å². The predicted molar refractivity (Wildman–Crippen MR) is 41.2 cm³/mol. The molecule has 1 amide bonds. The monoisotopic (exact) mass is 165 g/mol. The first-order valence-electron chi connectivity index (χ1n) is 3.03. The average molecular weight is 165 g/mol. The zero-order chi connectivity index (χ0) is 8.72. The van der Waals surface area contributed by atoms with Crippen LogP contribution < -0.4 is 5.73 Å². The number of amidine groups is 1. The number of rotatable bonds is 0. The lowest BCUT2D eigenvalue weighted by molar-refractivity contribution is -0.308. The van der Waals surface area contributed by atoms with Crippen LogP contribution >= 0.6 is 0 Å². The number of fused-ring (bicyclic) bond motifs is 1. The summed E-state index contributed by atoms with van der Waals surface area (Å²) in [6.45, 7) is 0. The predicted octanol–water partition coefficient (Wildman–Crippen LogP) is -1.77. The molecule has 0 aromatic heterocycles. The molecule has 0 aromatic rings. The molecule has 0 bridgehead atoms. The molecule has 0 aromatic carbocycles. The van der Waals surface area contributed by atoms with Gasteiger partial charge in [-0.25, -0.2) is 4.74 Å². The zero-order valence-electron chi connectivity index (χ0n) is 5.76. The summed E-state index contributed by atoms with van der Waals surface area (Å²) < 4.78 is 0.317. The van der Waals surface area contributed by atoms with E-state index in [1.165, 1.54) is 0 Å². The van der Waals surface area contributed by atoms with E-state index in [1.807, 2.05) is 0 Å². The molecular formula is C5H3N5O2. The minimum atomic E-state index is -0.704. The van der Waals surface area contributed by atoms with Crippen molar-refractivity contribution < 1.29 is 9.53 Å². The molecule has 0 radical (unpaired) electrons. The van der Waals surface area contributed by atoms with Gasteiger partial charge in [0, 0.05) is 0 Å². The molecule has 0 atom stereocenters. The lowest BCUT2D eigenvalue weighted by Gasteiger charge is -2.02. The summed E-state index contributed by atoms with van der Waals surface area (Å²) >= 11 is 0. The van der Waals surface area contributed by atoms with Crippen LogP contribution in [0.4, 0.5) is 0 Å². The standard InChI is InChI=1S/C5H3N5O2/c6-5-8-3-2(4(11)9-5)10(12)1-7-3/h1H,(H2,6,9,11). The van der Waals surface area contributed by atoms with E-state index in [0.29, 0.717) is 4.74 Å². The fourth-order valence-electron chi connectivity index (χ4n) is 0.887. The number of carbonyl (C=O) groups excluding carboxylic acids is 1. The summed E-state index contributed by atoms with van der Waals surface area (Å²) in [4.78, 5) is 21.4. The Morgan fingerprint density at radius 2 is 2.25 bits per heavy atom. The lowest BCUT2D eigenvalue weighted by atomic mass is 10.3. The third-order valence-corrected chi connectivity index (χ3v) is 1.36. The van der Waals surface area contributed by atoms with E-state index in [2.05, 4.69) is 15.0 Å². The van der Waals surface area contributed by atoms with E-state index in [1.54, 1.807) is 0 Å².